The van der Waals surface area contributed by atoms with E-state index in [0.717, 1.165) is 12.1 Å². The Morgan fingerprint density at radius 3 is 2.92 bits per heavy atom. The molecule has 13 heavy (non-hydrogen) atoms. The van der Waals surface area contributed by atoms with Gasteiger partial charge in [-0.3, -0.25) is 0 Å². The molecule has 0 aromatic rings. The van der Waals surface area contributed by atoms with Gasteiger partial charge in [0.25, 0.3) is 0 Å². The van der Waals surface area contributed by atoms with Gasteiger partial charge in [-0.15, -0.1) is 0 Å². The van der Waals surface area contributed by atoms with Crippen LogP contribution in [0, 0.1) is 5.92 Å². The van der Waals surface area contributed by atoms with Crippen LogP contribution in [0.1, 0.15) is 13.3 Å². The summed E-state index contributed by atoms with van der Waals surface area (Å²) in [5.74, 6) is -0.159. The average molecular weight is 291 g/mol. The second-order valence-electron chi connectivity index (χ2n) is 2.84. The molecule has 0 saturated carbocycles. The van der Waals surface area contributed by atoms with Crippen molar-refractivity contribution in [3.63, 3.8) is 0 Å². The highest BCUT2D eigenvalue weighted by Crippen LogP contribution is 2.15. The third-order valence-corrected chi connectivity index (χ3v) is 2.40. The number of hydrogen-bond acceptors (Lipinski definition) is 1. The lowest BCUT2D eigenvalue weighted by Gasteiger charge is -2.11. The second kappa shape index (κ2) is 5.32. The van der Waals surface area contributed by atoms with E-state index in [2.05, 4.69) is 11.1 Å². The van der Waals surface area contributed by atoms with E-state index in [1.165, 1.54) is 4.08 Å². The van der Waals surface area contributed by atoms with Gasteiger partial charge in [-0.2, -0.15) is 4.39 Å². The lowest BCUT2D eigenvalue weighted by Crippen LogP contribution is -2.08. The molecule has 0 spiro atoms. The van der Waals surface area contributed by atoms with Crippen molar-refractivity contribution in [1.82, 2.24) is 0 Å². The summed E-state index contributed by atoms with van der Waals surface area (Å²) in [6.07, 6.45) is 8.99. The maximum absolute atomic E-state index is 12.8. The Hall–Kier alpha value is -0.450. The fourth-order valence-corrected chi connectivity index (χ4v) is 1.31. The SMILES string of the molecule is CC(=N/C(F)=C\I)C1C=CC=CC1. The van der Waals surface area contributed by atoms with Gasteiger partial charge in [0.05, 0.1) is 0 Å². The summed E-state index contributed by atoms with van der Waals surface area (Å²) in [5.41, 5.74) is 0.825. The summed E-state index contributed by atoms with van der Waals surface area (Å²) in [6.45, 7) is 1.86. The predicted octanol–water partition coefficient (Wildman–Crippen LogP) is 3.78. The first-order chi connectivity index (χ1) is 6.24. The second-order valence-corrected chi connectivity index (χ2v) is 3.46. The molecule has 0 radical (unpaired) electrons. The minimum atomic E-state index is -0.416. The molecule has 0 heterocycles. The van der Waals surface area contributed by atoms with Crippen LogP contribution in [0.5, 0.6) is 0 Å². The van der Waals surface area contributed by atoms with Gasteiger partial charge in [0.2, 0.25) is 5.95 Å². The molecule has 0 aromatic carbocycles. The zero-order chi connectivity index (χ0) is 9.68. The summed E-state index contributed by atoms with van der Waals surface area (Å²) < 4.78 is 14.1. The smallest absolute Gasteiger partial charge is 0.218 e. The van der Waals surface area contributed by atoms with Crippen LogP contribution in [0.25, 0.3) is 0 Å². The summed E-state index contributed by atoms with van der Waals surface area (Å²) in [4.78, 5) is 3.84. The van der Waals surface area contributed by atoms with Crippen molar-refractivity contribution in [3.8, 4) is 0 Å². The number of allylic oxidation sites excluding steroid dienone is 4. The Kier molecular flexibility index (Phi) is 4.35. The Labute approximate surface area is 91.3 Å². The van der Waals surface area contributed by atoms with Crippen LogP contribution < -0.4 is 0 Å². The number of halogens is 2. The zero-order valence-corrected chi connectivity index (χ0v) is 9.53. The van der Waals surface area contributed by atoms with Gasteiger partial charge >= 0.3 is 0 Å². The number of hydrogen-bond donors (Lipinski definition) is 0. The van der Waals surface area contributed by atoms with Crippen LogP contribution in [-0.4, -0.2) is 5.71 Å². The molecule has 1 nitrogen and oxygen atoms in total. The van der Waals surface area contributed by atoms with Crippen LogP contribution in [0.4, 0.5) is 4.39 Å². The average Bonchev–Trinajstić information content (AvgIpc) is 2.19. The Balaban J connectivity index is 2.67. The molecule has 0 aromatic heterocycles. The van der Waals surface area contributed by atoms with Crippen molar-refractivity contribution in [2.75, 3.05) is 0 Å². The van der Waals surface area contributed by atoms with E-state index in [1.807, 2.05) is 47.7 Å². The van der Waals surface area contributed by atoms with Gasteiger partial charge in [0.1, 0.15) is 0 Å². The molecular formula is C10H11FIN. The lowest BCUT2D eigenvalue weighted by molar-refractivity contribution is 0.629. The molecule has 1 aliphatic rings. The molecule has 0 bridgehead atoms. The third kappa shape index (κ3) is 3.42. The van der Waals surface area contributed by atoms with E-state index in [0.29, 0.717) is 0 Å². The van der Waals surface area contributed by atoms with Crippen molar-refractivity contribution < 1.29 is 4.39 Å². The molecule has 70 valence electrons. The standard InChI is InChI=1S/C10H11FIN/c1-8(13-10(11)7-12)9-5-3-2-4-6-9/h2-5,7,9H,6H2,1H3/b10-7-,13-8?. The Bertz CT molecular complexity index is 289. The van der Waals surface area contributed by atoms with Gasteiger partial charge in [-0.1, -0.05) is 24.3 Å². The Morgan fingerprint density at radius 1 is 1.62 bits per heavy atom. The monoisotopic (exact) mass is 291 g/mol. The zero-order valence-electron chi connectivity index (χ0n) is 7.37. The minimum Gasteiger partial charge on any atom is -0.229 e. The van der Waals surface area contributed by atoms with Crippen LogP contribution >= 0.6 is 22.6 Å². The molecule has 0 saturated heterocycles. The van der Waals surface area contributed by atoms with E-state index in [9.17, 15) is 4.39 Å². The molecular weight excluding hydrogens is 280 g/mol. The first kappa shape index (κ1) is 10.6. The van der Waals surface area contributed by atoms with Gasteiger partial charge in [-0.25, -0.2) is 4.99 Å². The predicted molar refractivity (Wildman–Crippen MR) is 62.7 cm³/mol. The van der Waals surface area contributed by atoms with Crippen molar-refractivity contribution in [2.24, 2.45) is 10.9 Å². The Morgan fingerprint density at radius 2 is 2.38 bits per heavy atom. The van der Waals surface area contributed by atoms with Gasteiger partial charge in [0.15, 0.2) is 0 Å². The molecule has 1 unspecified atom stereocenters. The fourth-order valence-electron chi connectivity index (χ4n) is 1.17. The number of nitrogens with zero attached hydrogens (tertiary/aromatic N) is 1. The van der Waals surface area contributed by atoms with E-state index in [4.69, 9.17) is 0 Å². The summed E-state index contributed by atoms with van der Waals surface area (Å²) in [6, 6.07) is 0. The van der Waals surface area contributed by atoms with Crippen molar-refractivity contribution >= 4 is 28.3 Å². The van der Waals surface area contributed by atoms with Crippen molar-refractivity contribution in [1.29, 1.82) is 0 Å². The molecule has 1 atom stereocenters. The van der Waals surface area contributed by atoms with Crippen LogP contribution in [-0.2, 0) is 0 Å². The lowest BCUT2D eigenvalue weighted by atomic mass is 9.96. The normalized spacial score (nSPS) is 23.8. The van der Waals surface area contributed by atoms with Crippen molar-refractivity contribution in [2.45, 2.75) is 13.3 Å². The molecule has 1 rings (SSSR count). The number of aliphatic imine (C=N–C) groups is 1. The minimum absolute atomic E-state index is 0.257. The molecule has 3 heteroatoms. The quantitative estimate of drug-likeness (QED) is 0.417. The maximum Gasteiger partial charge on any atom is 0.218 e. The largest absolute Gasteiger partial charge is 0.229 e. The van der Waals surface area contributed by atoms with Gasteiger partial charge in [0, 0.05) is 15.7 Å². The molecule has 0 N–H and O–H groups in total. The summed E-state index contributed by atoms with van der Waals surface area (Å²) >= 11 is 1.84. The maximum atomic E-state index is 12.8. The van der Waals surface area contributed by atoms with E-state index < -0.39 is 5.95 Å². The van der Waals surface area contributed by atoms with Crippen LogP contribution in [0.15, 0.2) is 39.3 Å². The summed E-state index contributed by atoms with van der Waals surface area (Å²) in [5, 5.41) is 0. The third-order valence-electron chi connectivity index (χ3n) is 1.89. The first-order valence-electron chi connectivity index (χ1n) is 4.08. The number of rotatable bonds is 2. The first-order valence-corrected chi connectivity index (χ1v) is 5.33. The fraction of sp³-hybridized carbons (Fsp3) is 0.300. The van der Waals surface area contributed by atoms with E-state index in [-0.39, 0.29) is 5.92 Å². The van der Waals surface area contributed by atoms with Gasteiger partial charge < -0.3 is 0 Å². The van der Waals surface area contributed by atoms with E-state index in [1.54, 1.807) is 0 Å². The highest BCUT2D eigenvalue weighted by atomic mass is 127. The molecule has 0 fully saturated rings. The molecule has 1 aliphatic carbocycles. The topological polar surface area (TPSA) is 12.4 Å². The van der Waals surface area contributed by atoms with Crippen molar-refractivity contribution in [3.05, 3.63) is 34.3 Å². The highest BCUT2D eigenvalue weighted by molar-refractivity contribution is 14.1. The van der Waals surface area contributed by atoms with Gasteiger partial charge in [-0.05, 0) is 35.9 Å². The van der Waals surface area contributed by atoms with Crippen LogP contribution in [0.2, 0.25) is 0 Å². The molecule has 0 aliphatic heterocycles. The molecule has 0 amide bonds. The highest BCUT2D eigenvalue weighted by Gasteiger charge is 2.08. The summed E-state index contributed by atoms with van der Waals surface area (Å²) in [7, 11) is 0. The van der Waals surface area contributed by atoms with Crippen LogP contribution in [0.3, 0.4) is 0 Å². The van der Waals surface area contributed by atoms with E-state index >= 15 is 0 Å².